The van der Waals surface area contributed by atoms with E-state index in [1.54, 1.807) is 30.3 Å². The minimum Gasteiger partial charge on any atom is -0.439 e. The molecule has 12 heteroatoms. The van der Waals surface area contributed by atoms with Crippen molar-refractivity contribution in [3.63, 3.8) is 0 Å². The Morgan fingerprint density at radius 2 is 1.89 bits per heavy atom. The van der Waals surface area contributed by atoms with Gasteiger partial charge in [-0.1, -0.05) is 48.0 Å². The number of alkyl carbamates (subject to hydrolysis) is 1. The van der Waals surface area contributed by atoms with Crippen molar-refractivity contribution in [2.24, 2.45) is 0 Å². The Hall–Kier alpha value is -3.05. The van der Waals surface area contributed by atoms with Crippen molar-refractivity contribution < 1.29 is 37.0 Å². The SMILES string of the molecule is CNC(=O)OCC(=O)N1CCCCC1C(=O)NC1=CC=C(c2ccccc2)C(Cl)(OC(F)(F)F)C1. The summed E-state index contributed by atoms with van der Waals surface area (Å²) >= 11 is 6.37. The first-order valence-corrected chi connectivity index (χ1v) is 11.3. The molecular weight excluding hydrogens is 491 g/mol. The van der Waals surface area contributed by atoms with Crippen LogP contribution in [0.25, 0.3) is 5.57 Å². The fourth-order valence-corrected chi connectivity index (χ4v) is 4.43. The number of amides is 3. The van der Waals surface area contributed by atoms with Crippen LogP contribution in [-0.2, 0) is 19.1 Å². The van der Waals surface area contributed by atoms with E-state index in [9.17, 15) is 27.6 Å². The molecule has 1 heterocycles. The molecule has 1 saturated heterocycles. The maximum atomic E-state index is 13.2. The molecular formula is C23H25ClF3N3O5. The predicted octanol–water partition coefficient (Wildman–Crippen LogP) is 3.68. The van der Waals surface area contributed by atoms with Crippen LogP contribution in [0.5, 0.6) is 0 Å². The fraction of sp³-hybridized carbons (Fsp3) is 0.435. The minimum atomic E-state index is -5.03. The average Bonchev–Trinajstić information content (AvgIpc) is 2.81. The van der Waals surface area contributed by atoms with Gasteiger partial charge in [0.25, 0.3) is 5.91 Å². The lowest BCUT2D eigenvalue weighted by atomic mass is 9.92. The normalized spacial score (nSPS) is 22.5. The lowest BCUT2D eigenvalue weighted by molar-refractivity contribution is -0.342. The van der Waals surface area contributed by atoms with Crippen molar-refractivity contribution in [1.29, 1.82) is 0 Å². The molecule has 8 nitrogen and oxygen atoms in total. The third-order valence-electron chi connectivity index (χ3n) is 5.57. The van der Waals surface area contributed by atoms with Gasteiger partial charge in [-0.15, -0.1) is 13.2 Å². The number of carbonyl (C=O) groups is 3. The number of hydrogen-bond acceptors (Lipinski definition) is 5. The molecule has 0 radical (unpaired) electrons. The molecule has 1 fully saturated rings. The molecule has 2 unspecified atom stereocenters. The summed E-state index contributed by atoms with van der Waals surface area (Å²) in [5, 5.41) is 2.51. The first-order chi connectivity index (χ1) is 16.5. The Morgan fingerprint density at radius 3 is 2.54 bits per heavy atom. The van der Waals surface area contributed by atoms with Crippen molar-refractivity contribution in [2.75, 3.05) is 20.2 Å². The number of halogens is 4. The van der Waals surface area contributed by atoms with E-state index in [0.717, 1.165) is 0 Å². The smallest absolute Gasteiger partial charge is 0.439 e. The molecule has 2 N–H and O–H groups in total. The highest BCUT2D eigenvalue weighted by Gasteiger charge is 2.47. The molecule has 1 aliphatic carbocycles. The summed E-state index contributed by atoms with van der Waals surface area (Å²) in [4.78, 5) is 38.1. The van der Waals surface area contributed by atoms with Crippen LogP contribution in [0.3, 0.4) is 0 Å². The van der Waals surface area contributed by atoms with Gasteiger partial charge in [0.2, 0.25) is 5.91 Å². The van der Waals surface area contributed by atoms with Gasteiger partial charge in [0.15, 0.2) is 11.7 Å². The third-order valence-corrected chi connectivity index (χ3v) is 5.99. The van der Waals surface area contributed by atoms with Crippen LogP contribution in [0.15, 0.2) is 48.2 Å². The number of alkyl halides is 4. The van der Waals surface area contributed by atoms with Crippen molar-refractivity contribution in [2.45, 2.75) is 43.1 Å². The summed E-state index contributed by atoms with van der Waals surface area (Å²) in [7, 11) is 1.35. The molecule has 0 bridgehead atoms. The quantitative estimate of drug-likeness (QED) is 0.563. The van der Waals surface area contributed by atoms with E-state index in [4.69, 9.17) is 16.3 Å². The molecule has 190 valence electrons. The van der Waals surface area contributed by atoms with Crippen LogP contribution in [0, 0.1) is 0 Å². The molecule has 3 rings (SSSR count). The zero-order valence-corrected chi connectivity index (χ0v) is 19.6. The molecule has 0 aromatic heterocycles. The van der Waals surface area contributed by atoms with Crippen LogP contribution in [-0.4, -0.2) is 60.5 Å². The Bertz CT molecular complexity index is 1020. The average molecular weight is 516 g/mol. The molecule has 2 aliphatic rings. The summed E-state index contributed by atoms with van der Waals surface area (Å²) < 4.78 is 48.8. The summed E-state index contributed by atoms with van der Waals surface area (Å²) in [5.74, 6) is -1.13. The minimum absolute atomic E-state index is 0.0934. The molecule has 1 aromatic carbocycles. The number of nitrogens with zero attached hydrogens (tertiary/aromatic N) is 1. The fourth-order valence-electron chi connectivity index (χ4n) is 4.02. The van der Waals surface area contributed by atoms with Crippen molar-refractivity contribution in [1.82, 2.24) is 15.5 Å². The van der Waals surface area contributed by atoms with Gasteiger partial charge in [0.1, 0.15) is 6.04 Å². The highest BCUT2D eigenvalue weighted by molar-refractivity contribution is 6.29. The number of benzene rings is 1. The number of piperidine rings is 1. The van der Waals surface area contributed by atoms with Gasteiger partial charge in [-0.3, -0.25) is 14.3 Å². The molecule has 0 spiro atoms. The topological polar surface area (TPSA) is 97.0 Å². The maximum Gasteiger partial charge on any atom is 0.524 e. The lowest BCUT2D eigenvalue weighted by Gasteiger charge is -2.36. The van der Waals surface area contributed by atoms with Crippen molar-refractivity contribution >= 4 is 35.1 Å². The molecule has 2 atom stereocenters. The molecule has 3 amide bonds. The number of nitrogens with one attached hydrogen (secondary N) is 2. The van der Waals surface area contributed by atoms with Gasteiger partial charge in [-0.25, -0.2) is 4.79 Å². The second-order valence-electron chi connectivity index (χ2n) is 8.01. The van der Waals surface area contributed by atoms with E-state index in [0.29, 0.717) is 24.8 Å². The third kappa shape index (κ3) is 6.98. The first-order valence-electron chi connectivity index (χ1n) is 10.9. The van der Waals surface area contributed by atoms with Crippen LogP contribution < -0.4 is 10.6 Å². The van der Waals surface area contributed by atoms with Crippen molar-refractivity contribution in [3.8, 4) is 0 Å². The van der Waals surface area contributed by atoms with Gasteiger partial charge in [0, 0.05) is 31.3 Å². The maximum absolute atomic E-state index is 13.2. The van der Waals surface area contributed by atoms with Gasteiger partial charge < -0.3 is 20.3 Å². The molecule has 35 heavy (non-hydrogen) atoms. The largest absolute Gasteiger partial charge is 0.524 e. The van der Waals surface area contributed by atoms with Gasteiger partial charge in [-0.2, -0.15) is 0 Å². The Morgan fingerprint density at radius 1 is 1.17 bits per heavy atom. The molecule has 1 aliphatic heterocycles. The number of rotatable bonds is 6. The number of allylic oxidation sites excluding steroid dienone is 2. The number of carbonyl (C=O) groups excluding carboxylic acids is 3. The second-order valence-corrected chi connectivity index (χ2v) is 8.62. The Labute approximate surface area is 205 Å². The van der Waals surface area contributed by atoms with Crippen molar-refractivity contribution in [3.05, 3.63) is 53.7 Å². The number of likely N-dealkylation sites (tertiary alicyclic amines) is 1. The van der Waals surface area contributed by atoms with Crippen LogP contribution in [0.4, 0.5) is 18.0 Å². The highest BCUT2D eigenvalue weighted by Crippen LogP contribution is 2.45. The zero-order valence-electron chi connectivity index (χ0n) is 18.9. The monoisotopic (exact) mass is 515 g/mol. The summed E-state index contributed by atoms with van der Waals surface area (Å²) in [6.45, 7) is -0.263. The standard InChI is InChI=1S/C23H25ClF3N3O5/c1-28-21(33)34-14-19(31)30-12-6-5-9-18(30)20(32)29-16-10-11-17(15-7-3-2-4-8-15)22(24,13-16)35-23(25,26)27/h2-4,7-8,10-11,18H,5-6,9,12-14H2,1H3,(H,28,33)(H,29,32). The number of hydrogen-bond donors (Lipinski definition) is 2. The highest BCUT2D eigenvalue weighted by atomic mass is 35.5. The van der Waals surface area contributed by atoms with E-state index in [-0.39, 0.29) is 17.8 Å². The first kappa shape index (κ1) is 26.6. The molecule has 0 saturated carbocycles. The zero-order chi connectivity index (χ0) is 25.6. The second kappa shape index (κ2) is 11.1. The Kier molecular flexibility index (Phi) is 8.44. The van der Waals surface area contributed by atoms with E-state index in [2.05, 4.69) is 15.4 Å². The van der Waals surface area contributed by atoms with Gasteiger partial charge in [0.05, 0.1) is 0 Å². The summed E-state index contributed by atoms with van der Waals surface area (Å²) in [5.41, 5.74) is 0.637. The lowest BCUT2D eigenvalue weighted by Crippen LogP contribution is -2.53. The van der Waals surface area contributed by atoms with E-state index < -0.39 is 48.4 Å². The summed E-state index contributed by atoms with van der Waals surface area (Å²) in [6, 6.07) is 7.36. The van der Waals surface area contributed by atoms with Crippen LogP contribution >= 0.6 is 11.6 Å². The van der Waals surface area contributed by atoms with E-state index in [1.165, 1.54) is 24.1 Å². The predicted molar refractivity (Wildman–Crippen MR) is 121 cm³/mol. The summed E-state index contributed by atoms with van der Waals surface area (Å²) in [6.07, 6.45) is -1.77. The van der Waals surface area contributed by atoms with Crippen LogP contribution in [0.2, 0.25) is 0 Å². The number of ether oxygens (including phenoxy) is 2. The van der Waals surface area contributed by atoms with Gasteiger partial charge >= 0.3 is 12.5 Å². The van der Waals surface area contributed by atoms with Crippen LogP contribution in [0.1, 0.15) is 31.2 Å². The molecule has 1 aromatic rings. The van der Waals surface area contributed by atoms with Gasteiger partial charge in [-0.05, 0) is 30.9 Å². The Balaban J connectivity index is 1.78. The van der Waals surface area contributed by atoms with E-state index in [1.807, 2.05) is 0 Å². The van der Waals surface area contributed by atoms with E-state index >= 15 is 0 Å².